The van der Waals surface area contributed by atoms with Crippen molar-refractivity contribution in [2.75, 3.05) is 19.7 Å². The molecule has 0 radical (unpaired) electrons. The van der Waals surface area contributed by atoms with E-state index in [-0.39, 0.29) is 0 Å². The molecule has 0 saturated heterocycles. The summed E-state index contributed by atoms with van der Waals surface area (Å²) >= 11 is 0. The molecule has 78 valence electrons. The van der Waals surface area contributed by atoms with Gasteiger partial charge >= 0.3 is 0 Å². The van der Waals surface area contributed by atoms with E-state index in [4.69, 9.17) is 5.11 Å². The molecule has 0 aromatic heterocycles. The van der Waals surface area contributed by atoms with E-state index in [1.807, 2.05) is 0 Å². The zero-order chi connectivity index (χ0) is 9.57. The Balaban J connectivity index is 1.98. The van der Waals surface area contributed by atoms with Gasteiger partial charge in [-0.05, 0) is 44.1 Å². The Morgan fingerprint density at radius 3 is 2.54 bits per heavy atom. The van der Waals surface area contributed by atoms with Crippen LogP contribution in [0.3, 0.4) is 0 Å². The van der Waals surface area contributed by atoms with E-state index in [0.717, 1.165) is 19.4 Å². The predicted octanol–water partition coefficient (Wildman–Crippen LogP) is 1.93. The molecule has 0 aromatic carbocycles. The summed E-state index contributed by atoms with van der Waals surface area (Å²) in [6.07, 6.45) is 7.61. The van der Waals surface area contributed by atoms with Crippen LogP contribution < -0.4 is 5.32 Å². The average Bonchev–Trinajstić information content (AvgIpc) is 2.09. The molecule has 0 bridgehead atoms. The monoisotopic (exact) mass is 185 g/mol. The average molecular weight is 185 g/mol. The smallest absolute Gasteiger partial charge is 0.0431 e. The molecule has 0 atom stereocenters. The van der Waals surface area contributed by atoms with Crippen LogP contribution in [0, 0.1) is 5.41 Å². The fraction of sp³-hybridized carbons (Fsp3) is 1.00. The van der Waals surface area contributed by atoms with Crippen molar-refractivity contribution in [3.05, 3.63) is 0 Å². The maximum atomic E-state index is 8.60. The zero-order valence-corrected chi connectivity index (χ0v) is 8.81. The minimum absolute atomic E-state index is 0.334. The van der Waals surface area contributed by atoms with Crippen LogP contribution in [0.25, 0.3) is 0 Å². The van der Waals surface area contributed by atoms with Crippen LogP contribution in [0.4, 0.5) is 0 Å². The highest BCUT2D eigenvalue weighted by Gasteiger charge is 2.34. The highest BCUT2D eigenvalue weighted by atomic mass is 16.2. The van der Waals surface area contributed by atoms with Crippen LogP contribution >= 0.6 is 0 Å². The largest absolute Gasteiger partial charge is 0.396 e. The lowest BCUT2D eigenvalue weighted by Gasteiger charge is -2.41. The molecule has 1 rings (SSSR count). The number of aliphatic hydroxyl groups excluding tert-OH is 1. The van der Waals surface area contributed by atoms with Crippen LogP contribution in [0.2, 0.25) is 0 Å². The molecule has 2 nitrogen and oxygen atoms in total. The molecule has 0 amide bonds. The summed E-state index contributed by atoms with van der Waals surface area (Å²) in [7, 11) is 0. The lowest BCUT2D eigenvalue weighted by atomic mass is 9.67. The van der Waals surface area contributed by atoms with Crippen molar-refractivity contribution in [3.63, 3.8) is 0 Å². The first-order valence-corrected chi connectivity index (χ1v) is 5.64. The Labute approximate surface area is 81.7 Å². The maximum absolute atomic E-state index is 8.60. The maximum Gasteiger partial charge on any atom is 0.0431 e. The molecule has 13 heavy (non-hydrogen) atoms. The first kappa shape index (κ1) is 11.0. The van der Waals surface area contributed by atoms with Crippen molar-refractivity contribution in [3.8, 4) is 0 Å². The Morgan fingerprint density at radius 1 is 1.31 bits per heavy atom. The highest BCUT2D eigenvalue weighted by Crippen LogP contribution is 2.42. The second-order valence-corrected chi connectivity index (χ2v) is 4.31. The van der Waals surface area contributed by atoms with Gasteiger partial charge in [-0.25, -0.2) is 0 Å². The van der Waals surface area contributed by atoms with Gasteiger partial charge in [-0.3, -0.25) is 0 Å². The SMILES string of the molecule is CCC1(CNCCCCO)CCC1. The second kappa shape index (κ2) is 5.61. The number of hydrogen-bond acceptors (Lipinski definition) is 2. The van der Waals surface area contributed by atoms with E-state index in [0.29, 0.717) is 12.0 Å². The van der Waals surface area contributed by atoms with Gasteiger partial charge in [0, 0.05) is 13.2 Å². The van der Waals surface area contributed by atoms with Crippen LogP contribution in [-0.4, -0.2) is 24.8 Å². The number of nitrogens with one attached hydrogen (secondary N) is 1. The molecule has 0 spiro atoms. The molecule has 0 aliphatic heterocycles. The number of hydrogen-bond donors (Lipinski definition) is 2. The Morgan fingerprint density at radius 2 is 2.08 bits per heavy atom. The highest BCUT2D eigenvalue weighted by molar-refractivity contribution is 4.88. The van der Waals surface area contributed by atoms with Crippen LogP contribution in [0.1, 0.15) is 45.4 Å². The molecule has 0 unspecified atom stereocenters. The minimum Gasteiger partial charge on any atom is -0.396 e. The van der Waals surface area contributed by atoms with Crippen molar-refractivity contribution in [2.24, 2.45) is 5.41 Å². The fourth-order valence-corrected chi connectivity index (χ4v) is 2.05. The van der Waals surface area contributed by atoms with Gasteiger partial charge in [0.25, 0.3) is 0 Å². The number of rotatable bonds is 7. The lowest BCUT2D eigenvalue weighted by molar-refractivity contribution is 0.124. The molecule has 1 aliphatic carbocycles. The van der Waals surface area contributed by atoms with Gasteiger partial charge < -0.3 is 10.4 Å². The summed E-state index contributed by atoms with van der Waals surface area (Å²) in [6, 6.07) is 0. The summed E-state index contributed by atoms with van der Waals surface area (Å²) in [4.78, 5) is 0. The van der Waals surface area contributed by atoms with Gasteiger partial charge in [0.15, 0.2) is 0 Å². The molecular formula is C11H23NO. The standard InChI is InChI=1S/C11H23NO/c1-2-11(6-5-7-11)10-12-8-3-4-9-13/h12-13H,2-10H2,1H3. The van der Waals surface area contributed by atoms with E-state index >= 15 is 0 Å². The third-order valence-electron chi connectivity index (χ3n) is 3.43. The van der Waals surface area contributed by atoms with Gasteiger partial charge in [-0.1, -0.05) is 13.3 Å². The van der Waals surface area contributed by atoms with Crippen LogP contribution in [0.15, 0.2) is 0 Å². The predicted molar refractivity (Wildman–Crippen MR) is 55.8 cm³/mol. The molecule has 1 fully saturated rings. The van der Waals surface area contributed by atoms with Gasteiger partial charge in [-0.2, -0.15) is 0 Å². The summed E-state index contributed by atoms with van der Waals surface area (Å²) in [5.74, 6) is 0. The third kappa shape index (κ3) is 3.28. The zero-order valence-electron chi connectivity index (χ0n) is 8.81. The third-order valence-corrected chi connectivity index (χ3v) is 3.43. The van der Waals surface area contributed by atoms with E-state index in [9.17, 15) is 0 Å². The topological polar surface area (TPSA) is 32.3 Å². The summed E-state index contributed by atoms with van der Waals surface area (Å²) < 4.78 is 0. The van der Waals surface area contributed by atoms with Gasteiger partial charge in [0.1, 0.15) is 0 Å². The Kier molecular flexibility index (Phi) is 4.74. The molecule has 1 saturated carbocycles. The van der Waals surface area contributed by atoms with E-state index in [1.54, 1.807) is 0 Å². The van der Waals surface area contributed by atoms with Crippen molar-refractivity contribution in [1.82, 2.24) is 5.32 Å². The summed E-state index contributed by atoms with van der Waals surface area (Å²) in [5.41, 5.74) is 0.638. The van der Waals surface area contributed by atoms with Crippen molar-refractivity contribution < 1.29 is 5.11 Å². The van der Waals surface area contributed by atoms with E-state index in [2.05, 4.69) is 12.2 Å². The molecule has 0 aromatic rings. The molecule has 2 heteroatoms. The van der Waals surface area contributed by atoms with Crippen LogP contribution in [0.5, 0.6) is 0 Å². The number of aliphatic hydroxyl groups is 1. The molecule has 0 heterocycles. The second-order valence-electron chi connectivity index (χ2n) is 4.31. The molecule has 1 aliphatic rings. The first-order chi connectivity index (χ1) is 6.33. The number of unbranched alkanes of at least 4 members (excludes halogenated alkanes) is 1. The Hall–Kier alpha value is -0.0800. The lowest BCUT2D eigenvalue weighted by Crippen LogP contribution is -2.39. The quantitative estimate of drug-likeness (QED) is 0.594. The first-order valence-electron chi connectivity index (χ1n) is 5.64. The van der Waals surface area contributed by atoms with Crippen LogP contribution in [-0.2, 0) is 0 Å². The van der Waals surface area contributed by atoms with E-state index in [1.165, 1.54) is 32.2 Å². The summed E-state index contributed by atoms with van der Waals surface area (Å²) in [5, 5.41) is 12.1. The van der Waals surface area contributed by atoms with Crippen molar-refractivity contribution in [2.45, 2.75) is 45.4 Å². The van der Waals surface area contributed by atoms with Gasteiger partial charge in [-0.15, -0.1) is 0 Å². The van der Waals surface area contributed by atoms with Gasteiger partial charge in [0.2, 0.25) is 0 Å². The molecule has 2 N–H and O–H groups in total. The van der Waals surface area contributed by atoms with E-state index < -0.39 is 0 Å². The van der Waals surface area contributed by atoms with Gasteiger partial charge in [0.05, 0.1) is 0 Å². The molecular weight excluding hydrogens is 162 g/mol. The van der Waals surface area contributed by atoms with Crippen molar-refractivity contribution in [1.29, 1.82) is 0 Å². The minimum atomic E-state index is 0.334. The van der Waals surface area contributed by atoms with Crippen molar-refractivity contribution >= 4 is 0 Å². The normalized spacial score (nSPS) is 19.8. The Bertz CT molecular complexity index is 127. The fourth-order valence-electron chi connectivity index (χ4n) is 2.05. The summed E-state index contributed by atoms with van der Waals surface area (Å²) in [6.45, 7) is 4.90.